The van der Waals surface area contributed by atoms with E-state index in [1.165, 1.54) is 12.1 Å². The highest BCUT2D eigenvalue weighted by Gasteiger charge is 2.17. The van der Waals surface area contributed by atoms with E-state index in [-0.39, 0.29) is 17.6 Å². The maximum atomic E-state index is 12.1. The first-order chi connectivity index (χ1) is 9.45. The molecule has 0 atom stereocenters. The molecule has 0 unspecified atom stereocenters. The Hall–Kier alpha value is -1.95. The molecule has 0 aliphatic heterocycles. The summed E-state index contributed by atoms with van der Waals surface area (Å²) >= 11 is 0. The van der Waals surface area contributed by atoms with Crippen molar-refractivity contribution in [2.75, 3.05) is 6.54 Å². The first kappa shape index (κ1) is 16.1. The molecule has 1 aromatic rings. The molecule has 0 saturated heterocycles. The lowest BCUT2D eigenvalue weighted by molar-refractivity contribution is -0.384. The fourth-order valence-corrected chi connectivity index (χ4v) is 1.88. The maximum absolute atomic E-state index is 12.1. The normalized spacial score (nSPS) is 10.6. The van der Waals surface area contributed by atoms with Crippen molar-refractivity contribution in [1.82, 2.24) is 4.90 Å². The molecule has 0 bridgehead atoms. The minimum absolute atomic E-state index is 0.0549. The molecule has 20 heavy (non-hydrogen) atoms. The topological polar surface area (TPSA) is 89.5 Å². The Balaban J connectivity index is 2.75. The van der Waals surface area contributed by atoms with Crippen molar-refractivity contribution >= 4 is 11.6 Å². The third kappa shape index (κ3) is 4.62. The highest BCUT2D eigenvalue weighted by atomic mass is 16.6. The smallest absolute Gasteiger partial charge is 0.269 e. The van der Waals surface area contributed by atoms with E-state index in [1.807, 2.05) is 13.8 Å². The number of hydrogen-bond acceptors (Lipinski definition) is 4. The zero-order valence-electron chi connectivity index (χ0n) is 11.9. The Morgan fingerprint density at radius 1 is 1.35 bits per heavy atom. The zero-order chi connectivity index (χ0) is 15.1. The van der Waals surface area contributed by atoms with E-state index in [0.29, 0.717) is 25.9 Å². The number of nitrogens with two attached hydrogens (primary N) is 1. The van der Waals surface area contributed by atoms with Gasteiger partial charge >= 0.3 is 0 Å². The van der Waals surface area contributed by atoms with Crippen LogP contribution in [0, 0.1) is 10.1 Å². The summed E-state index contributed by atoms with van der Waals surface area (Å²) in [4.78, 5) is 24.0. The van der Waals surface area contributed by atoms with Crippen LogP contribution in [-0.2, 0) is 11.3 Å². The summed E-state index contributed by atoms with van der Waals surface area (Å²) in [6.45, 7) is 4.85. The Bertz CT molecular complexity index is 457. The van der Waals surface area contributed by atoms with Gasteiger partial charge in [0.15, 0.2) is 0 Å². The van der Waals surface area contributed by atoms with Crippen molar-refractivity contribution < 1.29 is 9.72 Å². The van der Waals surface area contributed by atoms with Crippen LogP contribution >= 0.6 is 0 Å². The van der Waals surface area contributed by atoms with Crippen LogP contribution in [0.4, 0.5) is 5.69 Å². The van der Waals surface area contributed by atoms with Crippen LogP contribution in [0.15, 0.2) is 24.3 Å². The maximum Gasteiger partial charge on any atom is 0.269 e. The van der Waals surface area contributed by atoms with Gasteiger partial charge in [0.25, 0.3) is 5.69 Å². The van der Waals surface area contributed by atoms with Crippen LogP contribution in [0.5, 0.6) is 0 Å². The van der Waals surface area contributed by atoms with E-state index in [1.54, 1.807) is 17.0 Å². The standard InChI is InChI=1S/C14H21N3O3/c1-11(2)16(14(18)4-3-9-15)10-12-5-7-13(8-6-12)17(19)20/h5-8,11H,3-4,9-10,15H2,1-2H3. The van der Waals surface area contributed by atoms with Crippen LogP contribution in [0.25, 0.3) is 0 Å². The lowest BCUT2D eigenvalue weighted by Crippen LogP contribution is -2.36. The predicted molar refractivity (Wildman–Crippen MR) is 77.1 cm³/mol. The summed E-state index contributed by atoms with van der Waals surface area (Å²) in [6.07, 6.45) is 1.10. The number of rotatable bonds is 7. The van der Waals surface area contributed by atoms with Crippen molar-refractivity contribution in [1.29, 1.82) is 0 Å². The molecule has 1 amide bonds. The van der Waals surface area contributed by atoms with E-state index in [9.17, 15) is 14.9 Å². The number of carbonyl (C=O) groups is 1. The first-order valence-corrected chi connectivity index (χ1v) is 6.68. The van der Waals surface area contributed by atoms with Crippen molar-refractivity contribution in [2.24, 2.45) is 5.73 Å². The minimum atomic E-state index is -0.434. The van der Waals surface area contributed by atoms with Gasteiger partial charge in [-0.25, -0.2) is 0 Å². The van der Waals surface area contributed by atoms with Crippen LogP contribution in [-0.4, -0.2) is 28.3 Å². The van der Waals surface area contributed by atoms with Crippen LogP contribution in [0.3, 0.4) is 0 Å². The van der Waals surface area contributed by atoms with Gasteiger partial charge in [-0.2, -0.15) is 0 Å². The number of carbonyl (C=O) groups excluding carboxylic acids is 1. The molecular weight excluding hydrogens is 258 g/mol. The zero-order valence-corrected chi connectivity index (χ0v) is 11.9. The molecule has 6 heteroatoms. The first-order valence-electron chi connectivity index (χ1n) is 6.68. The summed E-state index contributed by atoms with van der Waals surface area (Å²) in [5, 5.41) is 10.6. The molecule has 0 heterocycles. The molecule has 1 rings (SSSR count). The second kappa shape index (κ2) is 7.59. The van der Waals surface area contributed by atoms with Gasteiger partial charge in [0.1, 0.15) is 0 Å². The van der Waals surface area contributed by atoms with Gasteiger partial charge in [-0.15, -0.1) is 0 Å². The highest BCUT2D eigenvalue weighted by molar-refractivity contribution is 5.76. The predicted octanol–water partition coefficient (Wildman–Crippen LogP) is 2.07. The molecule has 0 fully saturated rings. The van der Waals surface area contributed by atoms with Gasteiger partial charge in [-0.05, 0) is 32.4 Å². The minimum Gasteiger partial charge on any atom is -0.336 e. The van der Waals surface area contributed by atoms with Crippen molar-refractivity contribution in [2.45, 2.75) is 39.3 Å². The van der Waals surface area contributed by atoms with Gasteiger partial charge in [0.05, 0.1) is 4.92 Å². The van der Waals surface area contributed by atoms with Gasteiger partial charge < -0.3 is 10.6 Å². The number of benzene rings is 1. The summed E-state index contributed by atoms with van der Waals surface area (Å²) in [6, 6.07) is 6.36. The van der Waals surface area contributed by atoms with Gasteiger partial charge in [0.2, 0.25) is 5.91 Å². The van der Waals surface area contributed by atoms with E-state index in [2.05, 4.69) is 0 Å². The van der Waals surface area contributed by atoms with E-state index in [4.69, 9.17) is 5.73 Å². The van der Waals surface area contributed by atoms with Gasteiger partial charge in [0, 0.05) is 31.1 Å². The lowest BCUT2D eigenvalue weighted by Gasteiger charge is -2.27. The Morgan fingerprint density at radius 2 is 1.95 bits per heavy atom. The molecule has 1 aromatic carbocycles. The number of nitro benzene ring substituents is 1. The summed E-state index contributed by atoms with van der Waals surface area (Å²) in [5.41, 5.74) is 6.35. The summed E-state index contributed by atoms with van der Waals surface area (Å²) in [5.74, 6) is 0.0591. The largest absolute Gasteiger partial charge is 0.336 e. The van der Waals surface area contributed by atoms with Gasteiger partial charge in [-0.1, -0.05) is 12.1 Å². The van der Waals surface area contributed by atoms with Gasteiger partial charge in [-0.3, -0.25) is 14.9 Å². The molecule has 2 N–H and O–H groups in total. The molecule has 0 aliphatic carbocycles. The molecular formula is C14H21N3O3. The average molecular weight is 279 g/mol. The van der Waals surface area contributed by atoms with Crippen molar-refractivity contribution in [3.05, 3.63) is 39.9 Å². The number of nitrogens with zero attached hydrogens (tertiary/aromatic N) is 2. The molecule has 0 spiro atoms. The van der Waals surface area contributed by atoms with Crippen molar-refractivity contribution in [3.8, 4) is 0 Å². The lowest BCUT2D eigenvalue weighted by atomic mass is 10.1. The van der Waals surface area contributed by atoms with Crippen molar-refractivity contribution in [3.63, 3.8) is 0 Å². The summed E-state index contributed by atoms with van der Waals surface area (Å²) < 4.78 is 0. The second-order valence-electron chi connectivity index (χ2n) is 4.93. The average Bonchev–Trinajstić information content (AvgIpc) is 2.42. The number of nitro groups is 1. The Morgan fingerprint density at radius 3 is 2.40 bits per heavy atom. The fraction of sp³-hybridized carbons (Fsp3) is 0.500. The highest BCUT2D eigenvalue weighted by Crippen LogP contribution is 2.15. The quantitative estimate of drug-likeness (QED) is 0.611. The molecule has 6 nitrogen and oxygen atoms in total. The third-order valence-electron chi connectivity index (χ3n) is 3.04. The van der Waals surface area contributed by atoms with Crippen LogP contribution in [0.1, 0.15) is 32.3 Å². The van der Waals surface area contributed by atoms with E-state index < -0.39 is 4.92 Å². The monoisotopic (exact) mass is 279 g/mol. The SMILES string of the molecule is CC(C)N(Cc1ccc([N+](=O)[O-])cc1)C(=O)CCCN. The fourth-order valence-electron chi connectivity index (χ4n) is 1.88. The van der Waals surface area contributed by atoms with E-state index in [0.717, 1.165) is 5.56 Å². The Labute approximate surface area is 118 Å². The number of amides is 1. The van der Waals surface area contributed by atoms with Crippen LogP contribution in [0.2, 0.25) is 0 Å². The number of non-ortho nitro benzene ring substituents is 1. The summed E-state index contributed by atoms with van der Waals surface area (Å²) in [7, 11) is 0. The molecule has 0 radical (unpaired) electrons. The molecule has 0 aromatic heterocycles. The molecule has 0 aliphatic rings. The third-order valence-corrected chi connectivity index (χ3v) is 3.04. The number of hydrogen-bond donors (Lipinski definition) is 1. The van der Waals surface area contributed by atoms with E-state index >= 15 is 0 Å². The second-order valence-corrected chi connectivity index (χ2v) is 4.93. The molecule has 110 valence electrons. The Kier molecular flexibility index (Phi) is 6.11. The van der Waals surface area contributed by atoms with Crippen LogP contribution < -0.4 is 5.73 Å². The molecule has 0 saturated carbocycles.